The molecule has 0 amide bonds. The van der Waals surface area contributed by atoms with Crippen LogP contribution in [-0.2, 0) is 7.05 Å². The lowest BCUT2D eigenvalue weighted by Crippen LogP contribution is -1.99. The summed E-state index contributed by atoms with van der Waals surface area (Å²) in [5, 5.41) is 4.48. The van der Waals surface area contributed by atoms with E-state index in [1.807, 2.05) is 11.7 Å². The molecule has 0 N–H and O–H groups in total. The van der Waals surface area contributed by atoms with Gasteiger partial charge in [0.1, 0.15) is 11.5 Å². The third kappa shape index (κ3) is 2.27. The minimum Gasteiger partial charge on any atom is -0.271 e. The Balaban J connectivity index is 2.53. The summed E-state index contributed by atoms with van der Waals surface area (Å²) in [5.74, 6) is 0.154. The van der Waals surface area contributed by atoms with Crippen LogP contribution in [0.4, 0.5) is 4.39 Å². The van der Waals surface area contributed by atoms with Crippen LogP contribution < -0.4 is 0 Å². The third-order valence-electron chi connectivity index (χ3n) is 2.70. The Labute approximate surface area is 109 Å². The maximum absolute atomic E-state index is 12.9. The average molecular weight is 297 g/mol. The number of aryl methyl sites for hydroxylation is 1. The van der Waals surface area contributed by atoms with Crippen LogP contribution in [0.2, 0.25) is 0 Å². The number of nitrogens with zero attached hydrogens (tertiary/aromatic N) is 2. The smallest absolute Gasteiger partial charge is 0.123 e. The highest BCUT2D eigenvalue weighted by Crippen LogP contribution is 2.33. The van der Waals surface area contributed by atoms with Crippen molar-refractivity contribution < 1.29 is 4.39 Å². The quantitative estimate of drug-likeness (QED) is 0.815. The molecule has 0 fully saturated rings. The number of benzene rings is 1. The first-order chi connectivity index (χ1) is 8.00. The van der Waals surface area contributed by atoms with Gasteiger partial charge in [-0.05, 0) is 46.1 Å². The fourth-order valence-corrected chi connectivity index (χ4v) is 2.95. The van der Waals surface area contributed by atoms with Gasteiger partial charge >= 0.3 is 0 Å². The van der Waals surface area contributed by atoms with Crippen LogP contribution in [0.3, 0.4) is 0 Å². The lowest BCUT2D eigenvalue weighted by Gasteiger charge is -2.05. The first-order valence-corrected chi connectivity index (χ1v) is 6.28. The molecule has 0 aliphatic heterocycles. The van der Waals surface area contributed by atoms with Gasteiger partial charge in [0, 0.05) is 12.6 Å². The maximum atomic E-state index is 12.9. The summed E-state index contributed by atoms with van der Waals surface area (Å²) in [6, 6.07) is 6.38. The van der Waals surface area contributed by atoms with Crippen molar-refractivity contribution >= 4 is 15.9 Å². The number of rotatable bonds is 2. The Morgan fingerprint density at radius 3 is 2.29 bits per heavy atom. The molecule has 4 heteroatoms. The first kappa shape index (κ1) is 12.3. The molecule has 1 heterocycles. The number of halogens is 2. The van der Waals surface area contributed by atoms with Gasteiger partial charge in [-0.2, -0.15) is 5.10 Å². The van der Waals surface area contributed by atoms with Gasteiger partial charge in [-0.1, -0.05) is 13.8 Å². The maximum Gasteiger partial charge on any atom is 0.123 e. The molecule has 0 unspecified atom stereocenters. The second-order valence-corrected chi connectivity index (χ2v) is 5.13. The van der Waals surface area contributed by atoms with Crippen molar-refractivity contribution in [1.82, 2.24) is 9.78 Å². The lowest BCUT2D eigenvalue weighted by molar-refractivity contribution is 0.628. The molecule has 0 aliphatic carbocycles. The minimum atomic E-state index is -0.232. The molecule has 0 saturated carbocycles. The summed E-state index contributed by atoms with van der Waals surface area (Å²) in [5.41, 5.74) is 2.92. The molecular formula is C13H14BrFN2. The largest absolute Gasteiger partial charge is 0.271 e. The van der Waals surface area contributed by atoms with E-state index in [1.165, 1.54) is 12.1 Å². The van der Waals surface area contributed by atoms with Crippen LogP contribution in [0.5, 0.6) is 0 Å². The van der Waals surface area contributed by atoms with Crippen molar-refractivity contribution in [2.24, 2.45) is 7.05 Å². The first-order valence-electron chi connectivity index (χ1n) is 5.49. The lowest BCUT2D eigenvalue weighted by atomic mass is 10.1. The normalized spacial score (nSPS) is 11.2. The Morgan fingerprint density at radius 1 is 1.24 bits per heavy atom. The zero-order valence-electron chi connectivity index (χ0n) is 10.0. The van der Waals surface area contributed by atoms with Crippen molar-refractivity contribution in [2.75, 3.05) is 0 Å². The minimum absolute atomic E-state index is 0.232. The summed E-state index contributed by atoms with van der Waals surface area (Å²) in [6.07, 6.45) is 0. The van der Waals surface area contributed by atoms with Gasteiger partial charge in [-0.25, -0.2) is 4.39 Å². The van der Waals surface area contributed by atoms with E-state index in [4.69, 9.17) is 0 Å². The molecule has 0 saturated heterocycles. The van der Waals surface area contributed by atoms with Gasteiger partial charge in [-0.3, -0.25) is 4.68 Å². The van der Waals surface area contributed by atoms with Crippen LogP contribution >= 0.6 is 15.9 Å². The van der Waals surface area contributed by atoms with Crippen molar-refractivity contribution in [3.63, 3.8) is 0 Å². The van der Waals surface area contributed by atoms with E-state index in [-0.39, 0.29) is 5.82 Å². The average Bonchev–Trinajstić information content (AvgIpc) is 2.55. The molecule has 0 radical (unpaired) electrons. The van der Waals surface area contributed by atoms with E-state index in [0.717, 1.165) is 21.4 Å². The molecule has 2 rings (SSSR count). The molecule has 0 atom stereocenters. The van der Waals surface area contributed by atoms with Gasteiger partial charge in [0.15, 0.2) is 0 Å². The summed E-state index contributed by atoms with van der Waals surface area (Å²) in [7, 11) is 1.92. The van der Waals surface area contributed by atoms with Crippen molar-refractivity contribution in [3.8, 4) is 11.3 Å². The van der Waals surface area contributed by atoms with Crippen molar-refractivity contribution in [1.29, 1.82) is 0 Å². The molecule has 0 spiro atoms. The summed E-state index contributed by atoms with van der Waals surface area (Å²) in [4.78, 5) is 0. The number of hydrogen-bond acceptors (Lipinski definition) is 1. The molecule has 90 valence electrons. The third-order valence-corrected chi connectivity index (χ3v) is 3.48. The molecule has 2 aromatic rings. The van der Waals surface area contributed by atoms with Crippen LogP contribution in [-0.4, -0.2) is 9.78 Å². The van der Waals surface area contributed by atoms with Crippen molar-refractivity contribution in [3.05, 3.63) is 40.2 Å². The van der Waals surface area contributed by atoms with E-state index in [0.29, 0.717) is 5.92 Å². The molecule has 0 bridgehead atoms. The summed E-state index contributed by atoms with van der Waals surface area (Å²) >= 11 is 3.58. The zero-order valence-corrected chi connectivity index (χ0v) is 11.6. The SMILES string of the molecule is CC(C)c1c(Br)c(-c2ccc(F)cc2)nn1C. The van der Waals surface area contributed by atoms with Crippen LogP contribution in [0, 0.1) is 5.82 Å². The standard InChI is InChI=1S/C13H14BrFN2/c1-8(2)13-11(14)12(16-17(13)3)9-4-6-10(15)7-5-9/h4-8H,1-3H3. The molecule has 17 heavy (non-hydrogen) atoms. The van der Waals surface area contributed by atoms with Gasteiger partial charge in [0.2, 0.25) is 0 Å². The summed E-state index contributed by atoms with van der Waals surface area (Å²) in [6.45, 7) is 4.24. The topological polar surface area (TPSA) is 17.8 Å². The predicted molar refractivity (Wildman–Crippen MR) is 70.4 cm³/mol. The Kier molecular flexibility index (Phi) is 3.33. The summed E-state index contributed by atoms with van der Waals surface area (Å²) < 4.78 is 15.7. The van der Waals surface area contributed by atoms with E-state index in [2.05, 4.69) is 34.9 Å². The van der Waals surface area contributed by atoms with Crippen molar-refractivity contribution in [2.45, 2.75) is 19.8 Å². The van der Waals surface area contributed by atoms with E-state index in [1.54, 1.807) is 12.1 Å². The van der Waals surface area contributed by atoms with Crippen LogP contribution in [0.1, 0.15) is 25.5 Å². The van der Waals surface area contributed by atoms with Gasteiger partial charge in [-0.15, -0.1) is 0 Å². The highest BCUT2D eigenvalue weighted by Gasteiger charge is 2.17. The van der Waals surface area contributed by atoms with Crippen LogP contribution in [0.15, 0.2) is 28.7 Å². The molecule has 1 aromatic heterocycles. The molecule has 0 aliphatic rings. The van der Waals surface area contributed by atoms with Gasteiger partial charge in [0.25, 0.3) is 0 Å². The highest BCUT2D eigenvalue weighted by molar-refractivity contribution is 9.10. The Hall–Kier alpha value is -1.16. The fourth-order valence-electron chi connectivity index (χ4n) is 1.93. The van der Waals surface area contributed by atoms with E-state index >= 15 is 0 Å². The fraction of sp³-hybridized carbons (Fsp3) is 0.308. The van der Waals surface area contributed by atoms with E-state index < -0.39 is 0 Å². The highest BCUT2D eigenvalue weighted by atomic mass is 79.9. The van der Waals surface area contributed by atoms with Gasteiger partial charge < -0.3 is 0 Å². The predicted octanol–water partition coefficient (Wildman–Crippen LogP) is 4.11. The zero-order chi connectivity index (χ0) is 12.6. The molecule has 1 aromatic carbocycles. The van der Waals surface area contributed by atoms with E-state index in [9.17, 15) is 4.39 Å². The second-order valence-electron chi connectivity index (χ2n) is 4.33. The molecular weight excluding hydrogens is 283 g/mol. The second kappa shape index (κ2) is 4.61. The Bertz CT molecular complexity index is 529. The van der Waals surface area contributed by atoms with Gasteiger partial charge in [0.05, 0.1) is 10.2 Å². The monoisotopic (exact) mass is 296 g/mol. The number of aromatic nitrogens is 2. The Morgan fingerprint density at radius 2 is 1.82 bits per heavy atom. The number of hydrogen-bond donors (Lipinski definition) is 0. The van der Waals surface area contributed by atoms with Crippen LogP contribution in [0.25, 0.3) is 11.3 Å². The molecule has 2 nitrogen and oxygen atoms in total.